The van der Waals surface area contributed by atoms with Gasteiger partial charge in [-0.15, -0.1) is 0 Å². The maximum absolute atomic E-state index is 10.2. The summed E-state index contributed by atoms with van der Waals surface area (Å²) in [5.74, 6) is 2.15. The van der Waals surface area contributed by atoms with E-state index in [0.717, 1.165) is 36.5 Å². The van der Waals surface area contributed by atoms with Crippen molar-refractivity contribution < 1.29 is 9.52 Å². The Hall–Kier alpha value is -0.450. The van der Waals surface area contributed by atoms with Gasteiger partial charge in [0.15, 0.2) is 0 Å². The molecule has 0 aromatic carbocycles. The average Bonchev–Trinajstić information content (AvgIpc) is 2.71. The molecule has 0 spiro atoms. The van der Waals surface area contributed by atoms with Crippen LogP contribution in [-0.4, -0.2) is 28.8 Å². The molecule has 0 amide bonds. The maximum Gasteiger partial charge on any atom is 0.0947 e. The zero-order valence-corrected chi connectivity index (χ0v) is 9.55. The van der Waals surface area contributed by atoms with Gasteiger partial charge in [-0.1, -0.05) is 0 Å². The first-order valence-corrected chi connectivity index (χ1v) is 6.46. The van der Waals surface area contributed by atoms with Crippen molar-refractivity contribution in [1.82, 2.24) is 5.32 Å². The fourth-order valence-corrected chi connectivity index (χ4v) is 3.01. The van der Waals surface area contributed by atoms with Gasteiger partial charge < -0.3 is 14.8 Å². The fourth-order valence-electron chi connectivity index (χ4n) is 1.76. The van der Waals surface area contributed by atoms with Gasteiger partial charge in [0.05, 0.1) is 18.1 Å². The van der Waals surface area contributed by atoms with Crippen LogP contribution in [0.2, 0.25) is 0 Å². The lowest BCUT2D eigenvalue weighted by Gasteiger charge is -2.31. The smallest absolute Gasteiger partial charge is 0.0947 e. The predicted octanol–water partition coefficient (Wildman–Crippen LogP) is 1.63. The summed E-state index contributed by atoms with van der Waals surface area (Å²) in [7, 11) is 0. The van der Waals surface area contributed by atoms with Crippen LogP contribution >= 0.6 is 11.8 Å². The van der Waals surface area contributed by atoms with Crippen LogP contribution in [0, 0.1) is 0 Å². The molecule has 84 valence electrons. The quantitative estimate of drug-likeness (QED) is 0.820. The molecule has 1 aliphatic heterocycles. The molecule has 1 aromatic heterocycles. The van der Waals surface area contributed by atoms with Gasteiger partial charge in [0.2, 0.25) is 0 Å². The van der Waals surface area contributed by atoms with Crippen molar-refractivity contribution in [1.29, 1.82) is 0 Å². The molecular formula is C11H17NO2S. The molecule has 1 saturated heterocycles. The molecule has 0 atom stereocenters. The summed E-state index contributed by atoms with van der Waals surface area (Å²) in [6, 6.07) is 1.94. The Balaban J connectivity index is 1.72. The molecule has 0 aliphatic carbocycles. The number of hydrogen-bond donors (Lipinski definition) is 2. The van der Waals surface area contributed by atoms with E-state index in [1.807, 2.05) is 17.8 Å². The Kier molecular flexibility index (Phi) is 3.72. The number of rotatable bonds is 4. The van der Waals surface area contributed by atoms with Crippen molar-refractivity contribution in [3.05, 3.63) is 24.2 Å². The SMILES string of the molecule is OC1(CNCc2ccoc2)CCSCC1. The molecule has 0 unspecified atom stereocenters. The van der Waals surface area contributed by atoms with E-state index in [1.54, 1.807) is 12.5 Å². The number of hydrogen-bond acceptors (Lipinski definition) is 4. The number of thioether (sulfide) groups is 1. The molecular weight excluding hydrogens is 210 g/mol. The van der Waals surface area contributed by atoms with Crippen LogP contribution < -0.4 is 5.32 Å². The molecule has 2 N–H and O–H groups in total. The molecule has 1 aromatic rings. The number of aliphatic hydroxyl groups is 1. The molecule has 3 nitrogen and oxygen atoms in total. The summed E-state index contributed by atoms with van der Waals surface area (Å²) < 4.78 is 4.98. The molecule has 0 radical (unpaired) electrons. The van der Waals surface area contributed by atoms with E-state index in [9.17, 15) is 5.11 Å². The Labute approximate surface area is 94.2 Å². The van der Waals surface area contributed by atoms with E-state index in [-0.39, 0.29) is 0 Å². The monoisotopic (exact) mass is 227 g/mol. The maximum atomic E-state index is 10.2. The molecule has 0 saturated carbocycles. The molecule has 1 aliphatic rings. The van der Waals surface area contributed by atoms with Gasteiger partial charge in [-0.3, -0.25) is 0 Å². The molecule has 2 rings (SSSR count). The van der Waals surface area contributed by atoms with Crippen LogP contribution in [0.5, 0.6) is 0 Å². The lowest BCUT2D eigenvalue weighted by atomic mass is 9.97. The summed E-state index contributed by atoms with van der Waals surface area (Å²) in [4.78, 5) is 0. The van der Waals surface area contributed by atoms with E-state index in [4.69, 9.17) is 4.42 Å². The first-order chi connectivity index (χ1) is 7.29. The molecule has 15 heavy (non-hydrogen) atoms. The van der Waals surface area contributed by atoms with Crippen LogP contribution in [0.3, 0.4) is 0 Å². The highest BCUT2D eigenvalue weighted by Gasteiger charge is 2.28. The summed E-state index contributed by atoms with van der Waals surface area (Å²) in [5, 5.41) is 13.5. The zero-order chi connectivity index (χ0) is 10.6. The Morgan fingerprint density at radius 3 is 2.93 bits per heavy atom. The van der Waals surface area contributed by atoms with E-state index in [1.165, 1.54) is 0 Å². The van der Waals surface area contributed by atoms with Crippen molar-refractivity contribution in [3.8, 4) is 0 Å². The molecule has 2 heterocycles. The normalized spacial score (nSPS) is 20.3. The largest absolute Gasteiger partial charge is 0.472 e. The second kappa shape index (κ2) is 5.05. The molecule has 4 heteroatoms. The lowest BCUT2D eigenvalue weighted by Crippen LogP contribution is -2.43. The van der Waals surface area contributed by atoms with Gasteiger partial charge in [0, 0.05) is 18.7 Å². The minimum atomic E-state index is -0.491. The van der Waals surface area contributed by atoms with Gasteiger partial charge >= 0.3 is 0 Å². The number of furan rings is 1. The minimum Gasteiger partial charge on any atom is -0.472 e. The third kappa shape index (κ3) is 3.26. The van der Waals surface area contributed by atoms with Crippen LogP contribution in [0.15, 0.2) is 23.0 Å². The molecule has 0 bridgehead atoms. The van der Waals surface area contributed by atoms with Crippen LogP contribution in [-0.2, 0) is 6.54 Å². The second-order valence-corrected chi connectivity index (χ2v) is 5.30. The first-order valence-electron chi connectivity index (χ1n) is 5.30. The van der Waals surface area contributed by atoms with Crippen molar-refractivity contribution in [2.45, 2.75) is 25.0 Å². The lowest BCUT2D eigenvalue weighted by molar-refractivity contribution is 0.0320. The minimum absolute atomic E-state index is 0.491. The third-order valence-corrected chi connectivity index (χ3v) is 3.77. The summed E-state index contributed by atoms with van der Waals surface area (Å²) >= 11 is 1.93. The van der Waals surface area contributed by atoms with E-state index >= 15 is 0 Å². The van der Waals surface area contributed by atoms with Gasteiger partial charge in [-0.2, -0.15) is 11.8 Å². The van der Waals surface area contributed by atoms with Gasteiger partial charge in [0.25, 0.3) is 0 Å². The van der Waals surface area contributed by atoms with E-state index < -0.39 is 5.60 Å². The van der Waals surface area contributed by atoms with Crippen molar-refractivity contribution >= 4 is 11.8 Å². The standard InChI is InChI=1S/C11H17NO2S/c13-11(2-5-15-6-3-11)9-12-7-10-1-4-14-8-10/h1,4,8,12-13H,2-3,5-7,9H2. The highest BCUT2D eigenvalue weighted by atomic mass is 32.2. The average molecular weight is 227 g/mol. The Bertz CT molecular complexity index is 281. The highest BCUT2D eigenvalue weighted by molar-refractivity contribution is 7.99. The van der Waals surface area contributed by atoms with Crippen LogP contribution in [0.25, 0.3) is 0 Å². The first kappa shape index (κ1) is 11.0. The van der Waals surface area contributed by atoms with Crippen LogP contribution in [0.4, 0.5) is 0 Å². The summed E-state index contributed by atoms with van der Waals surface area (Å²) in [6.45, 7) is 1.45. The van der Waals surface area contributed by atoms with Gasteiger partial charge in [-0.25, -0.2) is 0 Å². The van der Waals surface area contributed by atoms with E-state index in [0.29, 0.717) is 6.54 Å². The second-order valence-electron chi connectivity index (χ2n) is 4.07. The summed E-state index contributed by atoms with van der Waals surface area (Å²) in [5.41, 5.74) is 0.637. The van der Waals surface area contributed by atoms with Gasteiger partial charge in [-0.05, 0) is 30.4 Å². The highest BCUT2D eigenvalue weighted by Crippen LogP contribution is 2.26. The zero-order valence-electron chi connectivity index (χ0n) is 8.74. The van der Waals surface area contributed by atoms with Crippen molar-refractivity contribution in [2.75, 3.05) is 18.1 Å². The van der Waals surface area contributed by atoms with Gasteiger partial charge in [0.1, 0.15) is 0 Å². The topological polar surface area (TPSA) is 45.4 Å². The van der Waals surface area contributed by atoms with Crippen LogP contribution in [0.1, 0.15) is 18.4 Å². The predicted molar refractivity (Wildman–Crippen MR) is 61.9 cm³/mol. The van der Waals surface area contributed by atoms with E-state index in [2.05, 4.69) is 5.32 Å². The van der Waals surface area contributed by atoms with Crippen molar-refractivity contribution in [2.24, 2.45) is 0 Å². The van der Waals surface area contributed by atoms with Crippen molar-refractivity contribution in [3.63, 3.8) is 0 Å². The fraction of sp³-hybridized carbons (Fsp3) is 0.636. The summed E-state index contributed by atoms with van der Waals surface area (Å²) in [6.07, 6.45) is 5.20. The molecule has 1 fully saturated rings. The third-order valence-electron chi connectivity index (χ3n) is 2.79. The Morgan fingerprint density at radius 1 is 1.47 bits per heavy atom. The Morgan fingerprint density at radius 2 is 2.27 bits per heavy atom. The number of nitrogens with one attached hydrogen (secondary N) is 1.